The van der Waals surface area contributed by atoms with Gasteiger partial charge in [-0.3, -0.25) is 0 Å². The van der Waals surface area contributed by atoms with Gasteiger partial charge in [-0.25, -0.2) is 4.79 Å². The number of carbonyl (C=O) groups is 1. The van der Waals surface area contributed by atoms with E-state index in [-0.39, 0.29) is 11.7 Å². The molecule has 1 aliphatic carbocycles. The molecule has 0 radical (unpaired) electrons. The van der Waals surface area contributed by atoms with Gasteiger partial charge in [0.1, 0.15) is 11.4 Å². The van der Waals surface area contributed by atoms with Crippen LogP contribution in [0, 0.1) is 17.2 Å². The summed E-state index contributed by atoms with van der Waals surface area (Å²) in [6.45, 7) is 3.74. The van der Waals surface area contributed by atoms with E-state index in [0.717, 1.165) is 50.5 Å². The van der Waals surface area contributed by atoms with E-state index in [1.807, 2.05) is 6.07 Å². The Morgan fingerprint density at radius 2 is 2.04 bits per heavy atom. The lowest BCUT2D eigenvalue weighted by atomic mass is 9.76. The summed E-state index contributed by atoms with van der Waals surface area (Å²) in [6.07, 6.45) is 7.73. The van der Waals surface area contributed by atoms with Gasteiger partial charge < -0.3 is 9.84 Å². The normalized spacial score (nSPS) is 23.4. The van der Waals surface area contributed by atoms with Crippen LogP contribution < -0.4 is 0 Å². The summed E-state index contributed by atoms with van der Waals surface area (Å²) in [5.74, 6) is 0.140. The Morgan fingerprint density at radius 3 is 2.67 bits per heavy atom. The van der Waals surface area contributed by atoms with Crippen LogP contribution in [-0.4, -0.2) is 16.7 Å². The van der Waals surface area contributed by atoms with Crippen molar-refractivity contribution >= 4 is 5.97 Å². The fraction of sp³-hybridized carbons (Fsp3) is 0.565. The molecule has 1 aromatic rings. The molecule has 1 fully saturated rings. The molecule has 0 spiro atoms. The van der Waals surface area contributed by atoms with Gasteiger partial charge in [0.25, 0.3) is 0 Å². The average Bonchev–Trinajstić information content (AvgIpc) is 3.21. The molecule has 0 aromatic heterocycles. The van der Waals surface area contributed by atoms with Crippen LogP contribution in [0.4, 0.5) is 0 Å². The van der Waals surface area contributed by atoms with Gasteiger partial charge in [0, 0.05) is 6.42 Å². The number of aliphatic hydroxyl groups excluding tert-OH is 1. The first kappa shape index (κ1) is 19.5. The summed E-state index contributed by atoms with van der Waals surface area (Å²) in [7, 11) is 0. The molecule has 144 valence electrons. The molecule has 0 amide bonds. The molecule has 3 rings (SSSR count). The fourth-order valence-corrected chi connectivity index (χ4v) is 4.63. The molecule has 1 saturated carbocycles. The molecule has 1 aliphatic heterocycles. The Balaban J connectivity index is 1.82. The third kappa shape index (κ3) is 4.03. The molecule has 4 heteroatoms. The lowest BCUT2D eigenvalue weighted by molar-refractivity contribution is -0.167. The third-order valence-corrected chi connectivity index (χ3v) is 6.36. The number of nitrogens with zero attached hydrogens (tertiary/aromatic N) is 1. The number of hydrogen-bond acceptors (Lipinski definition) is 4. The number of nitriles is 1. The molecule has 1 heterocycles. The number of aliphatic hydroxyl groups is 1. The van der Waals surface area contributed by atoms with Crippen LogP contribution in [-0.2, 0) is 28.8 Å². The second kappa shape index (κ2) is 8.17. The SMILES string of the molecule is CCc1cc(CCC2(C3CCCC3)CC(O)=C(C)C(=O)O2)ccc1CC#N. The summed E-state index contributed by atoms with van der Waals surface area (Å²) >= 11 is 0. The number of aryl methyl sites for hydroxylation is 2. The molecule has 1 atom stereocenters. The summed E-state index contributed by atoms with van der Waals surface area (Å²) in [4.78, 5) is 12.3. The first-order valence-corrected chi connectivity index (χ1v) is 10.1. The molecular weight excluding hydrogens is 338 g/mol. The zero-order valence-corrected chi connectivity index (χ0v) is 16.4. The molecule has 0 bridgehead atoms. The number of hydrogen-bond donors (Lipinski definition) is 1. The van der Waals surface area contributed by atoms with Gasteiger partial charge in [-0.15, -0.1) is 0 Å². The maximum Gasteiger partial charge on any atom is 0.337 e. The molecule has 1 aromatic carbocycles. The molecule has 1 unspecified atom stereocenters. The van der Waals surface area contributed by atoms with Crippen molar-refractivity contribution in [1.29, 1.82) is 5.26 Å². The zero-order valence-electron chi connectivity index (χ0n) is 16.4. The first-order chi connectivity index (χ1) is 13.0. The molecule has 4 nitrogen and oxygen atoms in total. The van der Waals surface area contributed by atoms with Gasteiger partial charge >= 0.3 is 5.97 Å². The molecule has 27 heavy (non-hydrogen) atoms. The summed E-state index contributed by atoms with van der Waals surface area (Å²) in [5.41, 5.74) is 3.26. The number of ether oxygens (including phenoxy) is 1. The fourth-order valence-electron chi connectivity index (χ4n) is 4.63. The van der Waals surface area contributed by atoms with Gasteiger partial charge in [-0.05, 0) is 61.6 Å². The molecule has 1 N–H and O–H groups in total. The number of benzene rings is 1. The average molecular weight is 367 g/mol. The van der Waals surface area contributed by atoms with Crippen LogP contribution in [0.1, 0.15) is 69.1 Å². The highest BCUT2D eigenvalue weighted by atomic mass is 16.6. The predicted octanol–water partition coefficient (Wildman–Crippen LogP) is 4.96. The van der Waals surface area contributed by atoms with E-state index < -0.39 is 5.60 Å². The molecule has 0 saturated heterocycles. The smallest absolute Gasteiger partial charge is 0.337 e. The largest absolute Gasteiger partial charge is 0.512 e. The minimum absolute atomic E-state index is 0.191. The lowest BCUT2D eigenvalue weighted by Crippen LogP contribution is -2.45. The van der Waals surface area contributed by atoms with E-state index in [9.17, 15) is 9.90 Å². The van der Waals surface area contributed by atoms with Gasteiger partial charge in [-0.2, -0.15) is 5.26 Å². The van der Waals surface area contributed by atoms with Gasteiger partial charge in [0.05, 0.1) is 18.1 Å². The van der Waals surface area contributed by atoms with E-state index in [2.05, 4.69) is 25.1 Å². The Morgan fingerprint density at radius 1 is 1.30 bits per heavy atom. The Kier molecular flexibility index (Phi) is 5.89. The number of rotatable bonds is 6. The van der Waals surface area contributed by atoms with Crippen molar-refractivity contribution in [2.75, 3.05) is 0 Å². The van der Waals surface area contributed by atoms with E-state index in [1.54, 1.807) is 6.92 Å². The van der Waals surface area contributed by atoms with Crippen LogP contribution >= 0.6 is 0 Å². The van der Waals surface area contributed by atoms with Crippen molar-refractivity contribution in [2.45, 2.75) is 77.2 Å². The van der Waals surface area contributed by atoms with E-state index in [0.29, 0.717) is 24.3 Å². The minimum atomic E-state index is -0.588. The topological polar surface area (TPSA) is 70.3 Å². The van der Waals surface area contributed by atoms with E-state index in [4.69, 9.17) is 10.00 Å². The summed E-state index contributed by atoms with van der Waals surface area (Å²) in [5, 5.41) is 19.3. The highest BCUT2D eigenvalue weighted by molar-refractivity contribution is 5.89. The zero-order chi connectivity index (χ0) is 19.4. The Bertz CT molecular complexity index is 783. The highest BCUT2D eigenvalue weighted by Gasteiger charge is 2.47. The maximum atomic E-state index is 12.3. The third-order valence-electron chi connectivity index (χ3n) is 6.36. The van der Waals surface area contributed by atoms with Crippen molar-refractivity contribution in [2.24, 2.45) is 5.92 Å². The molecule has 2 aliphatic rings. The van der Waals surface area contributed by atoms with Crippen LogP contribution in [0.2, 0.25) is 0 Å². The van der Waals surface area contributed by atoms with Crippen molar-refractivity contribution in [1.82, 2.24) is 0 Å². The van der Waals surface area contributed by atoms with Crippen LogP contribution in [0.3, 0.4) is 0 Å². The van der Waals surface area contributed by atoms with Crippen molar-refractivity contribution in [3.05, 3.63) is 46.2 Å². The Hall–Kier alpha value is -2.28. The Labute approximate surface area is 161 Å². The number of esters is 1. The van der Waals surface area contributed by atoms with Crippen LogP contribution in [0.15, 0.2) is 29.5 Å². The molecular formula is C23H29NO3. The number of cyclic esters (lactones) is 1. The van der Waals surface area contributed by atoms with E-state index >= 15 is 0 Å². The van der Waals surface area contributed by atoms with Crippen molar-refractivity contribution in [3.63, 3.8) is 0 Å². The van der Waals surface area contributed by atoms with Crippen molar-refractivity contribution in [3.8, 4) is 6.07 Å². The second-order valence-electron chi connectivity index (χ2n) is 7.98. The summed E-state index contributed by atoms with van der Waals surface area (Å²) in [6, 6.07) is 8.54. The predicted molar refractivity (Wildman–Crippen MR) is 104 cm³/mol. The lowest BCUT2D eigenvalue weighted by Gasteiger charge is -2.41. The maximum absolute atomic E-state index is 12.3. The van der Waals surface area contributed by atoms with Gasteiger partial charge in [0.15, 0.2) is 0 Å². The standard InChI is InChI=1S/C23H29NO3/c1-3-18-14-17(8-9-19(18)11-13-24)10-12-23(20-6-4-5-7-20)15-21(25)16(2)22(26)27-23/h8-9,14,20,25H,3-7,10-12,15H2,1-2H3. The minimum Gasteiger partial charge on any atom is -0.512 e. The van der Waals surface area contributed by atoms with Crippen molar-refractivity contribution < 1.29 is 14.6 Å². The summed E-state index contributed by atoms with van der Waals surface area (Å²) < 4.78 is 5.98. The quantitative estimate of drug-likeness (QED) is 0.722. The monoisotopic (exact) mass is 367 g/mol. The first-order valence-electron chi connectivity index (χ1n) is 10.1. The second-order valence-corrected chi connectivity index (χ2v) is 7.98. The van der Waals surface area contributed by atoms with E-state index in [1.165, 1.54) is 11.1 Å². The van der Waals surface area contributed by atoms with Crippen LogP contribution in [0.5, 0.6) is 0 Å². The highest BCUT2D eigenvalue weighted by Crippen LogP contribution is 2.45. The van der Waals surface area contributed by atoms with Gasteiger partial charge in [-0.1, -0.05) is 38.0 Å². The van der Waals surface area contributed by atoms with Gasteiger partial charge in [0.2, 0.25) is 0 Å². The van der Waals surface area contributed by atoms with Crippen LogP contribution in [0.25, 0.3) is 0 Å². The number of carbonyl (C=O) groups excluding carboxylic acids is 1.